The summed E-state index contributed by atoms with van der Waals surface area (Å²) in [6.45, 7) is 14.8. The second-order valence-electron chi connectivity index (χ2n) is 14.9. The highest BCUT2D eigenvalue weighted by molar-refractivity contribution is 5.75. The Morgan fingerprint density at radius 1 is 1.03 bits per heavy atom. The van der Waals surface area contributed by atoms with Gasteiger partial charge in [0.05, 0.1) is 51.0 Å². The number of hydrogen-bond donors (Lipinski definition) is 4. The van der Waals surface area contributed by atoms with Crippen LogP contribution < -0.4 is 5.32 Å². The molecule has 0 aromatic rings. The van der Waals surface area contributed by atoms with Gasteiger partial charge in [0.15, 0.2) is 0 Å². The van der Waals surface area contributed by atoms with Gasteiger partial charge in [-0.15, -0.1) is 0 Å². The monoisotopic (exact) mass is 533 g/mol. The number of carbonyl (C=O) groups is 1. The van der Waals surface area contributed by atoms with E-state index in [1.54, 1.807) is 0 Å². The van der Waals surface area contributed by atoms with Crippen molar-refractivity contribution in [3.8, 4) is 0 Å². The summed E-state index contributed by atoms with van der Waals surface area (Å²) in [6.07, 6.45) is 9.54. The van der Waals surface area contributed by atoms with Crippen LogP contribution in [0.2, 0.25) is 0 Å². The van der Waals surface area contributed by atoms with E-state index in [1.807, 2.05) is 0 Å². The Morgan fingerprint density at radius 3 is 2.47 bits per heavy atom. The van der Waals surface area contributed by atoms with Gasteiger partial charge in [-0.1, -0.05) is 20.8 Å². The lowest BCUT2D eigenvalue weighted by molar-refractivity contribution is -0.913. The first kappa shape index (κ1) is 28.8. The van der Waals surface area contributed by atoms with Crippen molar-refractivity contribution in [3.05, 3.63) is 0 Å². The quantitative estimate of drug-likeness (QED) is 0.354. The third-order valence-corrected chi connectivity index (χ3v) is 13.4. The fourth-order valence-electron chi connectivity index (χ4n) is 10.9. The maximum Gasteiger partial charge on any atom is 0.220 e. The van der Waals surface area contributed by atoms with Crippen LogP contribution in [0.25, 0.3) is 0 Å². The van der Waals surface area contributed by atoms with Crippen molar-refractivity contribution in [1.82, 2.24) is 5.32 Å². The minimum atomic E-state index is -0.360. The van der Waals surface area contributed by atoms with E-state index in [0.29, 0.717) is 36.0 Å². The van der Waals surface area contributed by atoms with E-state index < -0.39 is 0 Å². The molecule has 6 heteroatoms. The molecule has 0 radical (unpaired) electrons. The standard InChI is InChI=1S/C32H56N2O4/c1-5-34(15-6-7-16-34)17-14-33-29(38)11-8-21(2)24-9-10-25-30-26(20-28(37)32(24,25)4)31(3)13-12-23(35)18-22(31)19-27(30)36/h21-28,30,35-37H,5-20H2,1-4H3/p+1/t21-,22+,23-,24-,25+,26+,27-,28+,30+,31+,32-/m1/s1. The van der Waals surface area contributed by atoms with E-state index in [2.05, 4.69) is 33.0 Å². The predicted molar refractivity (Wildman–Crippen MR) is 150 cm³/mol. The molecule has 1 amide bonds. The highest BCUT2D eigenvalue weighted by Crippen LogP contribution is 2.68. The SMILES string of the molecule is CC[N+]1(CCNC(=O)CC[C@@H](C)[C@H]2CC[C@H]3[C@@H]4[C@H](O)C[C@@H]5C[C@H](O)CC[C@]5(C)[C@H]4C[C@H](O)[C@]23C)CCCC1. The number of amides is 1. The van der Waals surface area contributed by atoms with Crippen molar-refractivity contribution in [2.24, 2.45) is 46.3 Å². The van der Waals surface area contributed by atoms with Gasteiger partial charge in [0.2, 0.25) is 5.91 Å². The number of likely N-dealkylation sites (tertiary alicyclic amines) is 1. The fraction of sp³-hybridized carbons (Fsp3) is 0.969. The Morgan fingerprint density at radius 2 is 1.76 bits per heavy atom. The van der Waals surface area contributed by atoms with Gasteiger partial charge in [0, 0.05) is 19.3 Å². The van der Waals surface area contributed by atoms with Crippen LogP contribution in [0.3, 0.4) is 0 Å². The lowest BCUT2D eigenvalue weighted by Crippen LogP contribution is -2.62. The van der Waals surface area contributed by atoms with E-state index in [1.165, 1.54) is 25.9 Å². The van der Waals surface area contributed by atoms with Crippen molar-refractivity contribution in [2.75, 3.05) is 32.7 Å². The van der Waals surface area contributed by atoms with Crippen molar-refractivity contribution < 1.29 is 24.6 Å². The van der Waals surface area contributed by atoms with Gasteiger partial charge in [-0.25, -0.2) is 0 Å². The molecule has 0 aromatic heterocycles. The topological polar surface area (TPSA) is 89.8 Å². The van der Waals surface area contributed by atoms with Crippen molar-refractivity contribution in [1.29, 1.82) is 0 Å². The Hall–Kier alpha value is -0.690. The zero-order valence-corrected chi connectivity index (χ0v) is 24.7. The molecule has 11 atom stereocenters. The number of quaternary nitrogens is 1. The van der Waals surface area contributed by atoms with Crippen LogP contribution in [0, 0.1) is 46.3 Å². The summed E-state index contributed by atoms with van der Waals surface area (Å²) in [4.78, 5) is 12.8. The summed E-state index contributed by atoms with van der Waals surface area (Å²) in [5, 5.41) is 36.8. The van der Waals surface area contributed by atoms with Crippen molar-refractivity contribution >= 4 is 5.91 Å². The van der Waals surface area contributed by atoms with E-state index in [9.17, 15) is 20.1 Å². The van der Waals surface area contributed by atoms with E-state index in [4.69, 9.17) is 0 Å². The maximum atomic E-state index is 12.8. The summed E-state index contributed by atoms with van der Waals surface area (Å²) < 4.78 is 1.16. The summed E-state index contributed by atoms with van der Waals surface area (Å²) in [7, 11) is 0. The van der Waals surface area contributed by atoms with Gasteiger partial charge in [0.25, 0.3) is 0 Å². The molecule has 4 aliphatic carbocycles. The van der Waals surface area contributed by atoms with Crippen LogP contribution in [-0.2, 0) is 4.79 Å². The molecule has 1 saturated heterocycles. The molecule has 38 heavy (non-hydrogen) atoms. The molecule has 6 nitrogen and oxygen atoms in total. The number of fused-ring (bicyclic) bond motifs is 5. The summed E-state index contributed by atoms with van der Waals surface area (Å²) >= 11 is 0. The van der Waals surface area contributed by atoms with Crippen LogP contribution in [0.4, 0.5) is 0 Å². The molecule has 218 valence electrons. The number of likely N-dealkylation sites (N-methyl/N-ethyl adjacent to an activating group) is 1. The molecule has 4 saturated carbocycles. The minimum Gasteiger partial charge on any atom is -0.393 e. The molecule has 0 bridgehead atoms. The van der Waals surface area contributed by atoms with Gasteiger partial charge in [-0.3, -0.25) is 4.79 Å². The molecule has 1 aliphatic heterocycles. The second-order valence-corrected chi connectivity index (χ2v) is 14.9. The number of nitrogens with zero attached hydrogens (tertiary/aromatic N) is 1. The van der Waals surface area contributed by atoms with Crippen LogP contribution >= 0.6 is 0 Å². The smallest absolute Gasteiger partial charge is 0.220 e. The molecule has 1 heterocycles. The fourth-order valence-corrected chi connectivity index (χ4v) is 10.9. The number of rotatable bonds is 8. The Bertz CT molecular complexity index is 845. The number of carbonyl (C=O) groups excluding carboxylic acids is 1. The van der Waals surface area contributed by atoms with Gasteiger partial charge >= 0.3 is 0 Å². The molecule has 4 N–H and O–H groups in total. The number of aliphatic hydroxyl groups is 3. The van der Waals surface area contributed by atoms with Gasteiger partial charge < -0.3 is 25.1 Å². The molecule has 5 fully saturated rings. The number of hydrogen-bond acceptors (Lipinski definition) is 4. The lowest BCUT2D eigenvalue weighted by atomic mass is 9.43. The highest BCUT2D eigenvalue weighted by Gasteiger charge is 2.65. The zero-order chi connectivity index (χ0) is 27.3. The average molecular weight is 534 g/mol. The maximum absolute atomic E-state index is 12.8. The summed E-state index contributed by atoms with van der Waals surface area (Å²) in [6, 6.07) is 0. The molecule has 0 unspecified atom stereocenters. The Balaban J connectivity index is 1.19. The Labute approximate surface area is 231 Å². The summed E-state index contributed by atoms with van der Waals surface area (Å²) in [5.74, 6) is 2.22. The first-order valence-corrected chi connectivity index (χ1v) is 16.2. The number of nitrogens with one attached hydrogen (secondary N) is 1. The third-order valence-electron chi connectivity index (χ3n) is 13.4. The third kappa shape index (κ3) is 4.88. The van der Waals surface area contributed by atoms with Crippen LogP contribution in [-0.4, -0.2) is 76.7 Å². The largest absolute Gasteiger partial charge is 0.393 e. The molecular weight excluding hydrogens is 476 g/mol. The second kappa shape index (κ2) is 10.9. The van der Waals surface area contributed by atoms with Crippen LogP contribution in [0.1, 0.15) is 98.3 Å². The minimum absolute atomic E-state index is 0.112. The highest BCUT2D eigenvalue weighted by atomic mass is 16.3. The van der Waals surface area contributed by atoms with Gasteiger partial charge in [0.1, 0.15) is 0 Å². The van der Waals surface area contributed by atoms with E-state index in [-0.39, 0.29) is 41.0 Å². The van der Waals surface area contributed by atoms with Crippen molar-refractivity contribution in [2.45, 2.75) is 117 Å². The van der Waals surface area contributed by atoms with Crippen molar-refractivity contribution in [3.63, 3.8) is 0 Å². The zero-order valence-electron chi connectivity index (χ0n) is 24.7. The van der Waals surface area contributed by atoms with Crippen LogP contribution in [0.5, 0.6) is 0 Å². The summed E-state index contributed by atoms with van der Waals surface area (Å²) in [5.41, 5.74) is -0.0797. The van der Waals surface area contributed by atoms with Crippen LogP contribution in [0.15, 0.2) is 0 Å². The Kier molecular flexibility index (Phi) is 8.30. The van der Waals surface area contributed by atoms with E-state index in [0.717, 1.165) is 75.5 Å². The average Bonchev–Trinajstić information content (AvgIpc) is 3.50. The van der Waals surface area contributed by atoms with Gasteiger partial charge in [-0.2, -0.15) is 0 Å². The lowest BCUT2D eigenvalue weighted by Gasteiger charge is -2.63. The normalized spacial score (nSPS) is 46.6. The first-order chi connectivity index (χ1) is 18.0. The molecular formula is C32H57N2O4+. The predicted octanol–water partition coefficient (Wildman–Crippen LogP) is 4.11. The molecule has 0 aromatic carbocycles. The van der Waals surface area contributed by atoms with E-state index >= 15 is 0 Å². The molecule has 5 rings (SSSR count). The first-order valence-electron chi connectivity index (χ1n) is 16.2. The number of aliphatic hydroxyl groups excluding tert-OH is 3. The van der Waals surface area contributed by atoms with Gasteiger partial charge in [-0.05, 0) is 105 Å². The molecule has 5 aliphatic rings. The molecule has 0 spiro atoms.